The van der Waals surface area contributed by atoms with Crippen molar-refractivity contribution in [3.8, 4) is 0 Å². The monoisotopic (exact) mass is 199 g/mol. The highest BCUT2D eigenvalue weighted by molar-refractivity contribution is 5.73. The zero-order chi connectivity index (χ0) is 10.6. The molecule has 0 spiro atoms. The fourth-order valence-electron chi connectivity index (χ4n) is 1.90. The second-order valence-electron chi connectivity index (χ2n) is 4.37. The number of carbonyl (C=O) groups is 1. The van der Waals surface area contributed by atoms with Crippen LogP contribution in [-0.2, 0) is 4.79 Å². The van der Waals surface area contributed by atoms with Crippen molar-refractivity contribution in [1.29, 1.82) is 0 Å². The number of nitrogens with two attached hydrogens (primary N) is 1. The van der Waals surface area contributed by atoms with E-state index in [0.29, 0.717) is 18.5 Å². The molecule has 14 heavy (non-hydrogen) atoms. The smallest absolute Gasteiger partial charge is 0.218 e. The highest BCUT2D eigenvalue weighted by Gasteiger charge is 2.38. The Bertz CT molecular complexity index is 200. The van der Waals surface area contributed by atoms with E-state index >= 15 is 0 Å². The molecule has 0 radical (unpaired) electrons. The molecule has 3 N–H and O–H groups in total. The van der Waals surface area contributed by atoms with E-state index in [0.717, 1.165) is 6.54 Å². The Morgan fingerprint density at radius 2 is 2.14 bits per heavy atom. The first-order chi connectivity index (χ1) is 6.57. The summed E-state index contributed by atoms with van der Waals surface area (Å²) in [6.07, 6.45) is 4.26. The average Bonchev–Trinajstić information content (AvgIpc) is 1.99. The van der Waals surface area contributed by atoms with Gasteiger partial charge in [-0.1, -0.05) is 0 Å². The van der Waals surface area contributed by atoms with Gasteiger partial charge in [0.25, 0.3) is 0 Å². The molecule has 0 atom stereocenters. The third-order valence-corrected chi connectivity index (χ3v) is 3.24. The summed E-state index contributed by atoms with van der Waals surface area (Å²) in [5, 5.41) is 3.30. The van der Waals surface area contributed by atoms with Gasteiger partial charge in [0.2, 0.25) is 5.91 Å². The van der Waals surface area contributed by atoms with Crippen LogP contribution in [0.3, 0.4) is 0 Å². The maximum Gasteiger partial charge on any atom is 0.218 e. The minimum absolute atomic E-state index is 0.231. The van der Waals surface area contributed by atoms with E-state index in [1.165, 1.54) is 19.3 Å². The fraction of sp³-hybridized carbons (Fsp3) is 0.900. The summed E-state index contributed by atoms with van der Waals surface area (Å²) in [5.74, 6) is -0.231. The van der Waals surface area contributed by atoms with Crippen LogP contribution in [0, 0.1) is 0 Å². The Morgan fingerprint density at radius 1 is 1.50 bits per heavy atom. The lowest BCUT2D eigenvalue weighted by atomic mass is 9.75. The zero-order valence-electron chi connectivity index (χ0n) is 9.18. The fourth-order valence-corrected chi connectivity index (χ4v) is 1.90. The lowest BCUT2D eigenvalue weighted by Crippen LogP contribution is -2.56. The largest absolute Gasteiger partial charge is 0.370 e. The van der Waals surface area contributed by atoms with Crippen LogP contribution in [0.5, 0.6) is 0 Å². The molecule has 1 aliphatic rings. The minimum Gasteiger partial charge on any atom is -0.370 e. The molecule has 4 nitrogen and oxygen atoms in total. The highest BCUT2D eigenvalue weighted by atomic mass is 16.1. The van der Waals surface area contributed by atoms with Gasteiger partial charge in [0, 0.05) is 25.0 Å². The van der Waals surface area contributed by atoms with Crippen molar-refractivity contribution in [2.24, 2.45) is 5.73 Å². The predicted molar refractivity (Wildman–Crippen MR) is 57.0 cm³/mol. The van der Waals surface area contributed by atoms with Crippen molar-refractivity contribution < 1.29 is 4.79 Å². The summed E-state index contributed by atoms with van der Waals surface area (Å²) in [5.41, 5.74) is 5.39. The molecule has 1 fully saturated rings. The molecule has 82 valence electrons. The van der Waals surface area contributed by atoms with Crippen LogP contribution in [0.4, 0.5) is 0 Å². The quantitative estimate of drug-likeness (QED) is 0.589. The standard InChI is InChI=1S/C10H21N3O/c1-13(2)10(5-3-6-10)8-12-7-4-9(11)14/h12H,3-8H2,1-2H3,(H2,11,14). The van der Waals surface area contributed by atoms with Gasteiger partial charge in [0.05, 0.1) is 0 Å². The van der Waals surface area contributed by atoms with Crippen molar-refractivity contribution in [3.63, 3.8) is 0 Å². The molecule has 1 saturated carbocycles. The molecule has 0 aliphatic heterocycles. The maximum absolute atomic E-state index is 10.5. The highest BCUT2D eigenvalue weighted by Crippen LogP contribution is 2.35. The minimum atomic E-state index is -0.231. The van der Waals surface area contributed by atoms with Gasteiger partial charge in [-0.15, -0.1) is 0 Å². The first-order valence-corrected chi connectivity index (χ1v) is 5.23. The first kappa shape index (κ1) is 11.5. The van der Waals surface area contributed by atoms with Crippen LogP contribution in [0.2, 0.25) is 0 Å². The van der Waals surface area contributed by atoms with Crippen LogP contribution in [0.25, 0.3) is 0 Å². The summed E-state index contributed by atoms with van der Waals surface area (Å²) < 4.78 is 0. The van der Waals surface area contributed by atoms with Crippen molar-refractivity contribution >= 4 is 5.91 Å². The molecule has 0 unspecified atom stereocenters. The Morgan fingerprint density at radius 3 is 2.50 bits per heavy atom. The second-order valence-corrected chi connectivity index (χ2v) is 4.37. The summed E-state index contributed by atoms with van der Waals surface area (Å²) in [7, 11) is 4.24. The van der Waals surface area contributed by atoms with Crippen molar-refractivity contribution in [2.75, 3.05) is 27.2 Å². The summed E-state index contributed by atoms with van der Waals surface area (Å²) in [4.78, 5) is 12.8. The lowest BCUT2D eigenvalue weighted by molar-refractivity contribution is -0.117. The molecule has 4 heteroatoms. The van der Waals surface area contributed by atoms with Gasteiger partial charge in [-0.2, -0.15) is 0 Å². The molecular weight excluding hydrogens is 178 g/mol. The van der Waals surface area contributed by atoms with Gasteiger partial charge < -0.3 is 16.0 Å². The number of nitrogens with zero attached hydrogens (tertiary/aromatic N) is 1. The Kier molecular flexibility index (Phi) is 3.89. The number of likely N-dealkylation sites (N-methyl/N-ethyl adjacent to an activating group) is 1. The van der Waals surface area contributed by atoms with E-state index in [-0.39, 0.29) is 5.91 Å². The summed E-state index contributed by atoms with van der Waals surface area (Å²) in [6.45, 7) is 1.66. The van der Waals surface area contributed by atoms with E-state index < -0.39 is 0 Å². The topological polar surface area (TPSA) is 58.4 Å². The van der Waals surface area contributed by atoms with E-state index in [2.05, 4.69) is 24.3 Å². The molecule has 0 aromatic rings. The molecule has 0 aromatic heterocycles. The van der Waals surface area contributed by atoms with Crippen molar-refractivity contribution in [3.05, 3.63) is 0 Å². The molecule has 0 heterocycles. The number of hydrogen-bond acceptors (Lipinski definition) is 3. The first-order valence-electron chi connectivity index (χ1n) is 5.23. The predicted octanol–water partition coefficient (Wildman–Crippen LogP) is -0.0643. The van der Waals surface area contributed by atoms with Crippen LogP contribution in [0.15, 0.2) is 0 Å². The van der Waals surface area contributed by atoms with E-state index in [1.807, 2.05) is 0 Å². The van der Waals surface area contributed by atoms with Crippen LogP contribution < -0.4 is 11.1 Å². The van der Waals surface area contributed by atoms with Gasteiger partial charge in [-0.3, -0.25) is 4.79 Å². The van der Waals surface area contributed by atoms with Gasteiger partial charge in [0.1, 0.15) is 0 Å². The van der Waals surface area contributed by atoms with Crippen molar-refractivity contribution in [2.45, 2.75) is 31.2 Å². The van der Waals surface area contributed by atoms with Crippen LogP contribution >= 0.6 is 0 Å². The Labute approximate surface area is 85.8 Å². The number of carbonyl (C=O) groups excluding carboxylic acids is 1. The Balaban J connectivity index is 2.18. The van der Waals surface area contributed by atoms with Gasteiger partial charge in [0.15, 0.2) is 0 Å². The van der Waals surface area contributed by atoms with E-state index in [9.17, 15) is 4.79 Å². The molecule has 0 saturated heterocycles. The van der Waals surface area contributed by atoms with Gasteiger partial charge in [-0.05, 0) is 33.4 Å². The van der Waals surface area contributed by atoms with E-state index in [1.54, 1.807) is 0 Å². The molecule has 1 rings (SSSR count). The molecule has 0 bridgehead atoms. The van der Waals surface area contributed by atoms with Gasteiger partial charge >= 0.3 is 0 Å². The lowest BCUT2D eigenvalue weighted by Gasteiger charge is -2.47. The number of hydrogen-bond donors (Lipinski definition) is 2. The molecular formula is C10H21N3O. The average molecular weight is 199 g/mol. The molecule has 0 aromatic carbocycles. The van der Waals surface area contributed by atoms with Crippen LogP contribution in [0.1, 0.15) is 25.7 Å². The number of rotatable bonds is 6. The number of amides is 1. The molecule has 1 amide bonds. The maximum atomic E-state index is 10.5. The third kappa shape index (κ3) is 2.69. The number of nitrogens with one attached hydrogen (secondary N) is 1. The summed E-state index contributed by atoms with van der Waals surface area (Å²) >= 11 is 0. The van der Waals surface area contributed by atoms with E-state index in [4.69, 9.17) is 5.73 Å². The van der Waals surface area contributed by atoms with Crippen molar-refractivity contribution in [1.82, 2.24) is 10.2 Å². The normalized spacial score (nSPS) is 19.4. The Hall–Kier alpha value is -0.610. The molecule has 1 aliphatic carbocycles. The third-order valence-electron chi connectivity index (χ3n) is 3.24. The number of primary amides is 1. The van der Waals surface area contributed by atoms with Gasteiger partial charge in [-0.25, -0.2) is 0 Å². The summed E-state index contributed by atoms with van der Waals surface area (Å²) in [6, 6.07) is 0. The SMILES string of the molecule is CN(C)C1(CNCCC(N)=O)CCC1. The second kappa shape index (κ2) is 4.75. The zero-order valence-corrected chi connectivity index (χ0v) is 9.18. The van der Waals surface area contributed by atoms with Crippen LogP contribution in [-0.4, -0.2) is 43.5 Å².